The maximum atomic E-state index is 12.5. The summed E-state index contributed by atoms with van der Waals surface area (Å²) in [5, 5.41) is 0.436. The van der Waals surface area contributed by atoms with E-state index in [9.17, 15) is 4.79 Å². The van der Waals surface area contributed by atoms with Gasteiger partial charge in [0.1, 0.15) is 0 Å². The van der Waals surface area contributed by atoms with E-state index in [1.54, 1.807) is 18.2 Å². The van der Waals surface area contributed by atoms with Crippen molar-refractivity contribution in [2.24, 2.45) is 5.92 Å². The summed E-state index contributed by atoms with van der Waals surface area (Å²) < 4.78 is 0. The van der Waals surface area contributed by atoms with Gasteiger partial charge in [-0.05, 0) is 51.1 Å². The number of halogens is 1. The van der Waals surface area contributed by atoms with Crippen LogP contribution in [0.4, 0.5) is 5.69 Å². The zero-order valence-corrected chi connectivity index (χ0v) is 12.9. The van der Waals surface area contributed by atoms with Crippen molar-refractivity contribution >= 4 is 23.2 Å². The maximum Gasteiger partial charge on any atom is 0.255 e. The van der Waals surface area contributed by atoms with Crippen molar-refractivity contribution in [1.29, 1.82) is 0 Å². The van der Waals surface area contributed by atoms with Crippen LogP contribution in [0.25, 0.3) is 0 Å². The van der Waals surface area contributed by atoms with Crippen LogP contribution in [-0.2, 0) is 0 Å². The molecule has 2 N–H and O–H groups in total. The van der Waals surface area contributed by atoms with Gasteiger partial charge >= 0.3 is 0 Å². The smallest absolute Gasteiger partial charge is 0.255 e. The molecule has 1 amide bonds. The van der Waals surface area contributed by atoms with E-state index in [0.717, 1.165) is 32.5 Å². The number of benzene rings is 1. The lowest BCUT2D eigenvalue weighted by Gasteiger charge is -2.33. The molecule has 4 nitrogen and oxygen atoms in total. The van der Waals surface area contributed by atoms with E-state index in [-0.39, 0.29) is 5.91 Å². The number of nitrogens with zero attached hydrogens (tertiary/aromatic N) is 2. The molecule has 1 aliphatic heterocycles. The largest absolute Gasteiger partial charge is 0.399 e. The lowest BCUT2D eigenvalue weighted by atomic mass is 9.96. The summed E-state index contributed by atoms with van der Waals surface area (Å²) in [6.45, 7) is 2.70. The van der Waals surface area contributed by atoms with Crippen molar-refractivity contribution in [3.05, 3.63) is 28.8 Å². The van der Waals surface area contributed by atoms with Crippen LogP contribution in [0.2, 0.25) is 5.02 Å². The fraction of sp³-hybridized carbons (Fsp3) is 0.533. The molecule has 1 aromatic carbocycles. The molecular formula is C15H22ClN3O. The maximum absolute atomic E-state index is 12.5. The SMILES string of the molecule is CN(C)CC1CCN(C(=O)c2ccc(N)cc2Cl)CC1. The van der Waals surface area contributed by atoms with Crippen LogP contribution >= 0.6 is 11.6 Å². The number of nitrogens with two attached hydrogens (primary N) is 1. The highest BCUT2D eigenvalue weighted by Crippen LogP contribution is 2.24. The monoisotopic (exact) mass is 295 g/mol. The number of carbonyl (C=O) groups excluding carboxylic acids is 1. The molecule has 0 radical (unpaired) electrons. The Morgan fingerprint density at radius 1 is 1.40 bits per heavy atom. The molecule has 0 aliphatic carbocycles. The molecule has 1 fully saturated rings. The Balaban J connectivity index is 1.98. The summed E-state index contributed by atoms with van der Waals surface area (Å²) in [6, 6.07) is 5.07. The Labute approximate surface area is 125 Å². The second kappa shape index (κ2) is 6.46. The minimum atomic E-state index is 0.0123. The van der Waals surface area contributed by atoms with E-state index in [2.05, 4.69) is 19.0 Å². The van der Waals surface area contributed by atoms with Crippen molar-refractivity contribution in [2.45, 2.75) is 12.8 Å². The Bertz CT molecular complexity index is 482. The first kappa shape index (κ1) is 15.1. The summed E-state index contributed by atoms with van der Waals surface area (Å²) in [5.41, 5.74) is 6.78. The molecule has 0 atom stereocenters. The van der Waals surface area contributed by atoms with Crippen LogP contribution in [0.1, 0.15) is 23.2 Å². The molecule has 0 saturated carbocycles. The molecule has 20 heavy (non-hydrogen) atoms. The topological polar surface area (TPSA) is 49.6 Å². The van der Waals surface area contributed by atoms with Crippen LogP contribution in [0.5, 0.6) is 0 Å². The fourth-order valence-corrected chi connectivity index (χ4v) is 2.98. The lowest BCUT2D eigenvalue weighted by molar-refractivity contribution is 0.0678. The number of carbonyl (C=O) groups is 1. The van der Waals surface area contributed by atoms with Crippen molar-refractivity contribution in [3.63, 3.8) is 0 Å². The first-order valence-corrected chi connectivity index (χ1v) is 7.34. The van der Waals surface area contributed by atoms with Crippen LogP contribution in [-0.4, -0.2) is 49.4 Å². The summed E-state index contributed by atoms with van der Waals surface area (Å²) in [7, 11) is 4.18. The number of amides is 1. The second-order valence-electron chi connectivity index (χ2n) is 5.74. The minimum Gasteiger partial charge on any atom is -0.399 e. The van der Waals surface area contributed by atoms with Gasteiger partial charge in [0.05, 0.1) is 10.6 Å². The van der Waals surface area contributed by atoms with Gasteiger partial charge in [0.15, 0.2) is 0 Å². The van der Waals surface area contributed by atoms with E-state index in [4.69, 9.17) is 17.3 Å². The van der Waals surface area contributed by atoms with Gasteiger partial charge in [-0.2, -0.15) is 0 Å². The van der Waals surface area contributed by atoms with Crippen molar-refractivity contribution in [1.82, 2.24) is 9.80 Å². The van der Waals surface area contributed by atoms with Crippen LogP contribution in [0.15, 0.2) is 18.2 Å². The molecule has 110 valence electrons. The fourth-order valence-electron chi connectivity index (χ4n) is 2.71. The Morgan fingerprint density at radius 3 is 2.60 bits per heavy atom. The third-order valence-corrected chi connectivity index (χ3v) is 4.06. The third kappa shape index (κ3) is 3.64. The number of likely N-dealkylation sites (tertiary alicyclic amines) is 1. The molecule has 5 heteroatoms. The molecule has 1 aromatic rings. The molecule has 0 aromatic heterocycles. The highest BCUT2D eigenvalue weighted by molar-refractivity contribution is 6.34. The Hall–Kier alpha value is -1.26. The van der Waals surface area contributed by atoms with Crippen molar-refractivity contribution in [3.8, 4) is 0 Å². The van der Waals surface area contributed by atoms with E-state index in [1.807, 2.05) is 4.90 Å². The van der Waals surface area contributed by atoms with Gasteiger partial charge < -0.3 is 15.5 Å². The first-order chi connectivity index (χ1) is 9.47. The van der Waals surface area contributed by atoms with E-state index in [0.29, 0.717) is 22.2 Å². The van der Waals surface area contributed by atoms with Crippen LogP contribution in [0, 0.1) is 5.92 Å². The van der Waals surface area contributed by atoms with Gasteiger partial charge in [0.25, 0.3) is 5.91 Å². The molecule has 1 heterocycles. The number of anilines is 1. The summed E-state index contributed by atoms with van der Waals surface area (Å²) in [6.07, 6.45) is 2.10. The molecule has 0 bridgehead atoms. The molecule has 1 saturated heterocycles. The lowest BCUT2D eigenvalue weighted by Crippen LogP contribution is -2.40. The Kier molecular flexibility index (Phi) is 4.89. The van der Waals surface area contributed by atoms with E-state index >= 15 is 0 Å². The Morgan fingerprint density at radius 2 is 2.05 bits per heavy atom. The second-order valence-corrected chi connectivity index (χ2v) is 6.14. The molecule has 1 aliphatic rings. The van der Waals surface area contributed by atoms with Gasteiger partial charge in [0.2, 0.25) is 0 Å². The average molecular weight is 296 g/mol. The third-order valence-electron chi connectivity index (χ3n) is 3.75. The highest BCUT2D eigenvalue weighted by atomic mass is 35.5. The van der Waals surface area contributed by atoms with Gasteiger partial charge in [-0.25, -0.2) is 0 Å². The van der Waals surface area contributed by atoms with Gasteiger partial charge in [-0.15, -0.1) is 0 Å². The van der Waals surface area contributed by atoms with Crippen molar-refractivity contribution in [2.75, 3.05) is 39.5 Å². The highest BCUT2D eigenvalue weighted by Gasteiger charge is 2.25. The zero-order valence-electron chi connectivity index (χ0n) is 12.1. The zero-order chi connectivity index (χ0) is 14.7. The normalized spacial score (nSPS) is 16.7. The summed E-state index contributed by atoms with van der Waals surface area (Å²) in [5.74, 6) is 0.689. The standard InChI is InChI=1S/C15H22ClN3O/c1-18(2)10-11-5-7-19(8-6-11)15(20)13-4-3-12(17)9-14(13)16/h3-4,9,11H,5-8,10,17H2,1-2H3. The minimum absolute atomic E-state index is 0.0123. The first-order valence-electron chi connectivity index (χ1n) is 6.96. The molecule has 0 unspecified atom stereocenters. The number of hydrogen-bond donors (Lipinski definition) is 1. The average Bonchev–Trinajstić information content (AvgIpc) is 2.38. The van der Waals surface area contributed by atoms with E-state index < -0.39 is 0 Å². The van der Waals surface area contributed by atoms with Gasteiger partial charge in [-0.1, -0.05) is 11.6 Å². The van der Waals surface area contributed by atoms with Gasteiger partial charge in [0, 0.05) is 25.3 Å². The number of piperidine rings is 1. The summed E-state index contributed by atoms with van der Waals surface area (Å²) >= 11 is 6.11. The van der Waals surface area contributed by atoms with Gasteiger partial charge in [-0.3, -0.25) is 4.79 Å². The molecule has 0 spiro atoms. The number of rotatable bonds is 3. The van der Waals surface area contributed by atoms with Crippen LogP contribution in [0.3, 0.4) is 0 Å². The number of nitrogen functional groups attached to an aromatic ring is 1. The van der Waals surface area contributed by atoms with Crippen LogP contribution < -0.4 is 5.73 Å². The van der Waals surface area contributed by atoms with Crippen molar-refractivity contribution < 1.29 is 4.79 Å². The number of hydrogen-bond acceptors (Lipinski definition) is 3. The molecular weight excluding hydrogens is 274 g/mol. The predicted octanol–water partition coefficient (Wildman–Crippen LogP) is 2.34. The molecule has 2 rings (SSSR count). The predicted molar refractivity (Wildman–Crippen MR) is 83.0 cm³/mol. The quantitative estimate of drug-likeness (QED) is 0.871. The summed E-state index contributed by atoms with van der Waals surface area (Å²) in [4.78, 5) is 16.6. The van der Waals surface area contributed by atoms with E-state index in [1.165, 1.54) is 0 Å².